The average molecular weight is 381 g/mol. The van der Waals surface area contributed by atoms with Crippen LogP contribution in [0.5, 0.6) is 0 Å². The second kappa shape index (κ2) is 7.74. The van der Waals surface area contributed by atoms with Gasteiger partial charge < -0.3 is 0 Å². The second-order valence-corrected chi connectivity index (χ2v) is 19.0. The molecule has 140 valence electrons. The van der Waals surface area contributed by atoms with Crippen molar-refractivity contribution in [2.75, 3.05) is 0 Å². The summed E-state index contributed by atoms with van der Waals surface area (Å²) in [5.74, 6) is 3.84. The molecule has 0 saturated heterocycles. The van der Waals surface area contributed by atoms with E-state index in [1.165, 1.54) is 16.3 Å². The van der Waals surface area contributed by atoms with Crippen LogP contribution >= 0.6 is 0 Å². The highest BCUT2D eigenvalue weighted by Crippen LogP contribution is 2.42. The van der Waals surface area contributed by atoms with Gasteiger partial charge in [-0.1, -0.05) is 90.9 Å². The SMILES string of the molecule is C=CCC1=C(C#C[Si](C(C)C)(C(C)C)C(C)C)[Si](C)(C)c2ccccc21. The summed E-state index contributed by atoms with van der Waals surface area (Å²) in [7, 11) is -3.43. The standard InChI is InChI=1S/C24H36Si2/c1-10-13-21-22-14-11-12-15-23(22)25(8,9)24(21)16-17-26(18(2)3,19(4)5)20(6)7/h10-12,14-15,18-20H,1,13H2,2-9H3. The molecule has 1 aromatic carbocycles. The predicted molar refractivity (Wildman–Crippen MR) is 124 cm³/mol. The quantitative estimate of drug-likeness (QED) is 0.303. The molecule has 26 heavy (non-hydrogen) atoms. The summed E-state index contributed by atoms with van der Waals surface area (Å²) in [5, 5.41) is 3.00. The lowest BCUT2D eigenvalue weighted by Crippen LogP contribution is -2.44. The predicted octanol–water partition coefficient (Wildman–Crippen LogP) is 6.71. The van der Waals surface area contributed by atoms with Crippen LogP contribution in [0.3, 0.4) is 0 Å². The molecule has 2 rings (SSSR count). The molecule has 0 unspecified atom stereocenters. The highest BCUT2D eigenvalue weighted by Gasteiger charge is 2.43. The van der Waals surface area contributed by atoms with Crippen molar-refractivity contribution >= 4 is 26.9 Å². The van der Waals surface area contributed by atoms with Gasteiger partial charge in [-0.3, -0.25) is 0 Å². The van der Waals surface area contributed by atoms with E-state index in [4.69, 9.17) is 0 Å². The lowest BCUT2D eigenvalue weighted by Gasteiger charge is -2.38. The van der Waals surface area contributed by atoms with Gasteiger partial charge in [-0.2, -0.15) is 0 Å². The molecule has 0 saturated carbocycles. The van der Waals surface area contributed by atoms with Crippen LogP contribution < -0.4 is 5.19 Å². The van der Waals surface area contributed by atoms with Gasteiger partial charge in [-0.15, -0.1) is 12.1 Å². The zero-order chi connectivity index (χ0) is 19.7. The van der Waals surface area contributed by atoms with Crippen LogP contribution in [0.15, 0.2) is 42.1 Å². The van der Waals surface area contributed by atoms with E-state index < -0.39 is 16.1 Å². The molecule has 0 spiro atoms. The van der Waals surface area contributed by atoms with Crippen LogP contribution in [0.2, 0.25) is 29.7 Å². The van der Waals surface area contributed by atoms with Crippen LogP contribution in [0.4, 0.5) is 0 Å². The molecule has 0 nitrogen and oxygen atoms in total. The zero-order valence-electron chi connectivity index (χ0n) is 18.0. The van der Waals surface area contributed by atoms with Crippen molar-refractivity contribution in [2.24, 2.45) is 0 Å². The van der Waals surface area contributed by atoms with Gasteiger partial charge in [0.1, 0.15) is 16.1 Å². The minimum atomic E-state index is -1.71. The van der Waals surface area contributed by atoms with Gasteiger partial charge in [0.15, 0.2) is 0 Å². The van der Waals surface area contributed by atoms with E-state index in [0.29, 0.717) is 16.6 Å². The van der Waals surface area contributed by atoms with Crippen molar-refractivity contribution in [1.29, 1.82) is 0 Å². The van der Waals surface area contributed by atoms with Crippen LogP contribution in [0.1, 0.15) is 53.5 Å². The van der Waals surface area contributed by atoms with E-state index in [1.807, 2.05) is 6.08 Å². The van der Waals surface area contributed by atoms with Crippen LogP contribution in [-0.4, -0.2) is 16.1 Å². The molecule has 1 heterocycles. The molecule has 0 fully saturated rings. The Balaban J connectivity index is 2.69. The summed E-state index contributed by atoms with van der Waals surface area (Å²) in [6, 6.07) is 8.97. The van der Waals surface area contributed by atoms with E-state index in [1.54, 1.807) is 5.19 Å². The molecule has 2 heteroatoms. The van der Waals surface area contributed by atoms with Crippen molar-refractivity contribution in [3.63, 3.8) is 0 Å². The summed E-state index contributed by atoms with van der Waals surface area (Å²) < 4.78 is 0. The minimum absolute atomic E-state index is 0.673. The Morgan fingerprint density at radius 3 is 2.04 bits per heavy atom. The zero-order valence-corrected chi connectivity index (χ0v) is 20.0. The Labute approximate surface area is 163 Å². The Hall–Kier alpha value is -1.31. The smallest absolute Gasteiger partial charge is 0.126 e. The van der Waals surface area contributed by atoms with E-state index in [2.05, 4.69) is 96.9 Å². The number of rotatable bonds is 5. The van der Waals surface area contributed by atoms with E-state index in [-0.39, 0.29) is 0 Å². The molecule has 1 aliphatic rings. The maximum absolute atomic E-state index is 4.01. The molecule has 0 amide bonds. The number of hydrogen-bond donors (Lipinski definition) is 0. The fraction of sp³-hybridized carbons (Fsp3) is 0.500. The Morgan fingerprint density at radius 2 is 1.54 bits per heavy atom. The van der Waals surface area contributed by atoms with Gasteiger partial charge in [0.25, 0.3) is 0 Å². The van der Waals surface area contributed by atoms with Gasteiger partial charge in [-0.25, -0.2) is 0 Å². The first-order valence-electron chi connectivity index (χ1n) is 10.1. The van der Waals surface area contributed by atoms with Crippen LogP contribution in [-0.2, 0) is 0 Å². The summed E-state index contributed by atoms with van der Waals surface area (Å²) in [4.78, 5) is 0. The van der Waals surface area contributed by atoms with Crippen molar-refractivity contribution in [2.45, 2.75) is 77.7 Å². The number of fused-ring (bicyclic) bond motifs is 1. The number of benzene rings is 1. The summed E-state index contributed by atoms with van der Waals surface area (Å²) >= 11 is 0. The molecule has 1 aliphatic heterocycles. The first-order chi connectivity index (χ1) is 12.1. The van der Waals surface area contributed by atoms with Gasteiger partial charge >= 0.3 is 0 Å². The number of allylic oxidation sites excluding steroid dienone is 3. The molecular formula is C24H36Si2. The topological polar surface area (TPSA) is 0 Å². The maximum atomic E-state index is 4.01. The average Bonchev–Trinajstić information content (AvgIpc) is 2.76. The largest absolute Gasteiger partial charge is 0.146 e. The van der Waals surface area contributed by atoms with Crippen LogP contribution in [0.25, 0.3) is 5.57 Å². The highest BCUT2D eigenvalue weighted by molar-refractivity contribution is 6.99. The molecule has 0 radical (unpaired) electrons. The summed E-state index contributed by atoms with van der Waals surface area (Å²) in [5.41, 5.74) is 8.88. The highest BCUT2D eigenvalue weighted by atomic mass is 28.3. The number of hydrogen-bond acceptors (Lipinski definition) is 0. The van der Waals surface area contributed by atoms with Gasteiger partial charge in [-0.05, 0) is 44.6 Å². The molecule has 0 bridgehead atoms. The fourth-order valence-corrected chi connectivity index (χ4v) is 13.5. The first-order valence-corrected chi connectivity index (χ1v) is 15.3. The Morgan fingerprint density at radius 1 is 1.00 bits per heavy atom. The van der Waals surface area contributed by atoms with Crippen molar-refractivity contribution in [1.82, 2.24) is 0 Å². The molecule has 1 aromatic rings. The summed E-state index contributed by atoms with van der Waals surface area (Å²) in [6.07, 6.45) is 2.97. The van der Waals surface area contributed by atoms with Crippen molar-refractivity contribution < 1.29 is 0 Å². The van der Waals surface area contributed by atoms with Crippen molar-refractivity contribution in [3.8, 4) is 11.5 Å². The molecule has 0 aliphatic carbocycles. The van der Waals surface area contributed by atoms with Crippen LogP contribution in [0, 0.1) is 11.5 Å². The molecule has 0 aromatic heterocycles. The van der Waals surface area contributed by atoms with E-state index in [9.17, 15) is 0 Å². The monoisotopic (exact) mass is 380 g/mol. The summed E-state index contributed by atoms with van der Waals surface area (Å²) in [6.45, 7) is 23.3. The van der Waals surface area contributed by atoms with Gasteiger partial charge in [0.05, 0.1) is 0 Å². The third-order valence-electron chi connectivity index (χ3n) is 6.47. The molecular weight excluding hydrogens is 344 g/mol. The molecule has 0 N–H and O–H groups in total. The first kappa shape index (κ1) is 21.0. The van der Waals surface area contributed by atoms with Gasteiger partial charge in [0, 0.05) is 0 Å². The Kier molecular flexibility index (Phi) is 6.26. The molecule has 0 atom stereocenters. The second-order valence-electron chi connectivity index (χ2n) is 9.16. The Bertz CT molecular complexity index is 745. The lowest BCUT2D eigenvalue weighted by molar-refractivity contribution is 0.838. The van der Waals surface area contributed by atoms with Gasteiger partial charge in [0.2, 0.25) is 0 Å². The fourth-order valence-electron chi connectivity index (χ4n) is 5.13. The maximum Gasteiger partial charge on any atom is 0.146 e. The minimum Gasteiger partial charge on any atom is -0.126 e. The third kappa shape index (κ3) is 3.32. The normalized spacial score (nSPS) is 16.1. The van der Waals surface area contributed by atoms with E-state index in [0.717, 1.165) is 6.42 Å². The van der Waals surface area contributed by atoms with Crippen molar-refractivity contribution in [3.05, 3.63) is 47.7 Å². The van der Waals surface area contributed by atoms with E-state index >= 15 is 0 Å². The third-order valence-corrected chi connectivity index (χ3v) is 16.2. The lowest BCUT2D eigenvalue weighted by atomic mass is 10.0.